The summed E-state index contributed by atoms with van der Waals surface area (Å²) in [4.78, 5) is 0. The summed E-state index contributed by atoms with van der Waals surface area (Å²) in [5.74, 6) is 0.727. The van der Waals surface area contributed by atoms with E-state index in [0.717, 1.165) is 37.2 Å². The number of aliphatic hydroxyl groups is 1. The maximum atomic E-state index is 10.6. The van der Waals surface area contributed by atoms with Crippen molar-refractivity contribution in [2.24, 2.45) is 5.92 Å². The van der Waals surface area contributed by atoms with E-state index >= 15 is 0 Å². The van der Waals surface area contributed by atoms with E-state index in [9.17, 15) is 5.11 Å². The molecule has 1 aliphatic rings. The molecular weight excluding hydrogens is 248 g/mol. The zero-order valence-corrected chi connectivity index (χ0v) is 11.8. The van der Waals surface area contributed by atoms with Crippen molar-refractivity contribution in [2.45, 2.75) is 44.3 Å². The zero-order valence-electron chi connectivity index (χ0n) is 11.0. The lowest BCUT2D eigenvalue weighted by Gasteiger charge is -2.41. The lowest BCUT2D eigenvalue weighted by atomic mass is 9.74. The molecule has 0 aromatic heterocycles. The first-order chi connectivity index (χ1) is 8.57. The van der Waals surface area contributed by atoms with Crippen LogP contribution in [0.4, 0.5) is 0 Å². The molecule has 0 radical (unpaired) electrons. The van der Waals surface area contributed by atoms with Crippen LogP contribution in [-0.4, -0.2) is 17.8 Å². The molecule has 1 aromatic carbocycles. The molecule has 0 bridgehead atoms. The van der Waals surface area contributed by atoms with Crippen LogP contribution in [-0.2, 0) is 4.74 Å². The second-order valence-electron chi connectivity index (χ2n) is 5.41. The highest BCUT2D eigenvalue weighted by Gasteiger charge is 2.41. The van der Waals surface area contributed by atoms with Gasteiger partial charge in [0.25, 0.3) is 0 Å². The number of ether oxygens (including phenoxy) is 1. The standard InChI is InChI=1S/C15H21ClO2/c1-11-7-9-15(18-2,10-8-11)14(17)12-3-5-13(16)6-4-12/h3-6,11,14,17H,7-10H2,1-2H3. The number of hydrogen-bond acceptors (Lipinski definition) is 2. The molecule has 1 atom stereocenters. The minimum atomic E-state index is -0.577. The largest absolute Gasteiger partial charge is 0.385 e. The molecule has 1 fully saturated rings. The Morgan fingerprint density at radius 3 is 2.33 bits per heavy atom. The second-order valence-corrected chi connectivity index (χ2v) is 5.84. The summed E-state index contributed by atoms with van der Waals surface area (Å²) in [6.45, 7) is 2.26. The molecule has 2 nitrogen and oxygen atoms in total. The predicted molar refractivity (Wildman–Crippen MR) is 73.8 cm³/mol. The summed E-state index contributed by atoms with van der Waals surface area (Å²) in [6.07, 6.45) is 3.46. The Morgan fingerprint density at radius 2 is 1.83 bits per heavy atom. The fourth-order valence-corrected chi connectivity index (χ4v) is 2.91. The van der Waals surface area contributed by atoms with E-state index in [2.05, 4.69) is 6.92 Å². The summed E-state index contributed by atoms with van der Waals surface area (Å²) in [6, 6.07) is 7.39. The van der Waals surface area contributed by atoms with Crippen molar-refractivity contribution in [3.05, 3.63) is 34.9 Å². The van der Waals surface area contributed by atoms with Crippen LogP contribution in [0.5, 0.6) is 0 Å². The third-order valence-corrected chi connectivity index (χ3v) is 4.46. The van der Waals surface area contributed by atoms with Gasteiger partial charge in [0.15, 0.2) is 0 Å². The topological polar surface area (TPSA) is 29.5 Å². The molecule has 18 heavy (non-hydrogen) atoms. The Labute approximate surface area is 114 Å². The molecule has 0 heterocycles. The van der Waals surface area contributed by atoms with Crippen molar-refractivity contribution in [1.29, 1.82) is 0 Å². The second kappa shape index (κ2) is 5.60. The average molecular weight is 269 g/mol. The third-order valence-electron chi connectivity index (χ3n) is 4.21. The minimum Gasteiger partial charge on any atom is -0.385 e. The Hall–Kier alpha value is -0.570. The first-order valence-electron chi connectivity index (χ1n) is 6.56. The number of halogens is 1. The van der Waals surface area contributed by atoms with E-state index in [-0.39, 0.29) is 0 Å². The lowest BCUT2D eigenvalue weighted by molar-refractivity contribution is -0.130. The molecule has 0 spiro atoms. The van der Waals surface area contributed by atoms with Crippen LogP contribution in [0, 0.1) is 5.92 Å². The Kier molecular flexibility index (Phi) is 4.31. The molecule has 3 heteroatoms. The molecule has 0 amide bonds. The van der Waals surface area contributed by atoms with Gasteiger partial charge in [-0.3, -0.25) is 0 Å². The Morgan fingerprint density at radius 1 is 1.28 bits per heavy atom. The van der Waals surface area contributed by atoms with Gasteiger partial charge in [0.05, 0.1) is 5.60 Å². The highest BCUT2D eigenvalue weighted by Crippen LogP contribution is 2.42. The van der Waals surface area contributed by atoms with E-state index in [1.54, 1.807) is 7.11 Å². The smallest absolute Gasteiger partial charge is 0.108 e. The molecule has 0 aliphatic heterocycles. The zero-order chi connectivity index (χ0) is 13.2. The summed E-state index contributed by atoms with van der Waals surface area (Å²) in [7, 11) is 1.70. The monoisotopic (exact) mass is 268 g/mol. The maximum absolute atomic E-state index is 10.6. The van der Waals surface area contributed by atoms with E-state index in [1.807, 2.05) is 24.3 Å². The number of methoxy groups -OCH3 is 1. The van der Waals surface area contributed by atoms with Crippen LogP contribution in [0.1, 0.15) is 44.3 Å². The molecular formula is C15H21ClO2. The van der Waals surface area contributed by atoms with Crippen molar-refractivity contribution in [3.63, 3.8) is 0 Å². The van der Waals surface area contributed by atoms with E-state index in [4.69, 9.17) is 16.3 Å². The molecule has 1 aliphatic carbocycles. The number of benzene rings is 1. The van der Waals surface area contributed by atoms with Crippen molar-refractivity contribution in [1.82, 2.24) is 0 Å². The molecule has 2 rings (SSSR count). The molecule has 1 N–H and O–H groups in total. The Balaban J connectivity index is 2.19. The SMILES string of the molecule is COC1(C(O)c2ccc(Cl)cc2)CCC(C)CC1. The number of hydrogen-bond donors (Lipinski definition) is 1. The fraction of sp³-hybridized carbons (Fsp3) is 0.600. The van der Waals surface area contributed by atoms with E-state index < -0.39 is 11.7 Å². The average Bonchev–Trinajstić information content (AvgIpc) is 2.40. The molecule has 1 aromatic rings. The van der Waals surface area contributed by atoms with Gasteiger partial charge < -0.3 is 9.84 Å². The predicted octanol–water partition coefficient (Wildman–Crippen LogP) is 3.97. The lowest BCUT2D eigenvalue weighted by Crippen LogP contribution is -2.41. The highest BCUT2D eigenvalue weighted by molar-refractivity contribution is 6.30. The molecule has 1 unspecified atom stereocenters. The van der Waals surface area contributed by atoms with Crippen LogP contribution in [0.2, 0.25) is 5.02 Å². The van der Waals surface area contributed by atoms with Crippen LogP contribution in [0.25, 0.3) is 0 Å². The quantitative estimate of drug-likeness (QED) is 0.899. The normalized spacial score (nSPS) is 30.1. The summed E-state index contributed by atoms with van der Waals surface area (Å²) in [5.41, 5.74) is 0.455. The van der Waals surface area contributed by atoms with Crippen LogP contribution in [0.3, 0.4) is 0 Å². The van der Waals surface area contributed by atoms with Gasteiger partial charge in [0, 0.05) is 12.1 Å². The Bertz CT molecular complexity index is 380. The van der Waals surface area contributed by atoms with Gasteiger partial charge in [-0.2, -0.15) is 0 Å². The molecule has 0 saturated heterocycles. The summed E-state index contributed by atoms with van der Waals surface area (Å²) < 4.78 is 5.69. The first-order valence-corrected chi connectivity index (χ1v) is 6.94. The highest BCUT2D eigenvalue weighted by atomic mass is 35.5. The summed E-state index contributed by atoms with van der Waals surface area (Å²) in [5, 5.41) is 11.3. The number of rotatable bonds is 3. The fourth-order valence-electron chi connectivity index (χ4n) is 2.79. The minimum absolute atomic E-state index is 0.430. The van der Waals surface area contributed by atoms with Crippen LogP contribution in [0.15, 0.2) is 24.3 Å². The van der Waals surface area contributed by atoms with Gasteiger partial charge in [-0.15, -0.1) is 0 Å². The van der Waals surface area contributed by atoms with E-state index in [1.165, 1.54) is 0 Å². The van der Waals surface area contributed by atoms with Gasteiger partial charge in [0.1, 0.15) is 6.10 Å². The van der Waals surface area contributed by atoms with Crippen molar-refractivity contribution in [2.75, 3.05) is 7.11 Å². The van der Waals surface area contributed by atoms with Gasteiger partial charge in [-0.1, -0.05) is 30.7 Å². The van der Waals surface area contributed by atoms with Gasteiger partial charge in [-0.25, -0.2) is 0 Å². The van der Waals surface area contributed by atoms with E-state index in [0.29, 0.717) is 5.02 Å². The maximum Gasteiger partial charge on any atom is 0.108 e. The van der Waals surface area contributed by atoms with Crippen molar-refractivity contribution < 1.29 is 9.84 Å². The van der Waals surface area contributed by atoms with Crippen molar-refractivity contribution >= 4 is 11.6 Å². The first kappa shape index (κ1) is 13.9. The van der Waals surface area contributed by atoms with Gasteiger partial charge in [0.2, 0.25) is 0 Å². The van der Waals surface area contributed by atoms with Gasteiger partial charge >= 0.3 is 0 Å². The summed E-state index contributed by atoms with van der Waals surface area (Å²) >= 11 is 5.88. The third kappa shape index (κ3) is 2.71. The number of aliphatic hydroxyl groups excluding tert-OH is 1. The van der Waals surface area contributed by atoms with Crippen LogP contribution < -0.4 is 0 Å². The molecule has 1 saturated carbocycles. The van der Waals surface area contributed by atoms with Crippen molar-refractivity contribution in [3.8, 4) is 0 Å². The molecule has 100 valence electrons. The van der Waals surface area contributed by atoms with Crippen LogP contribution >= 0.6 is 11.6 Å². The van der Waals surface area contributed by atoms with Gasteiger partial charge in [-0.05, 0) is 49.3 Å².